The van der Waals surface area contributed by atoms with E-state index in [2.05, 4.69) is 18.2 Å². The van der Waals surface area contributed by atoms with Crippen molar-refractivity contribution in [3.8, 4) is 6.07 Å². The highest BCUT2D eigenvalue weighted by molar-refractivity contribution is 5.70. The van der Waals surface area contributed by atoms with Crippen LogP contribution in [0.25, 0.3) is 0 Å². The molecule has 0 aromatic heterocycles. The van der Waals surface area contributed by atoms with Gasteiger partial charge in [0.15, 0.2) is 0 Å². The number of rotatable bonds is 6. The van der Waals surface area contributed by atoms with Gasteiger partial charge in [-0.3, -0.25) is 4.79 Å². The summed E-state index contributed by atoms with van der Waals surface area (Å²) in [4.78, 5) is 11.7. The zero-order valence-corrected chi connectivity index (χ0v) is 12.7. The van der Waals surface area contributed by atoms with Gasteiger partial charge in [0.05, 0.1) is 25.2 Å². The Morgan fingerprint density at radius 3 is 2.64 bits per heavy atom. The van der Waals surface area contributed by atoms with E-state index in [4.69, 9.17) is 10.00 Å². The summed E-state index contributed by atoms with van der Waals surface area (Å²) in [7, 11) is 1.41. The molecule has 0 saturated heterocycles. The Morgan fingerprint density at radius 1 is 1.18 bits per heavy atom. The van der Waals surface area contributed by atoms with E-state index in [-0.39, 0.29) is 11.9 Å². The van der Waals surface area contributed by atoms with Gasteiger partial charge < -0.3 is 4.74 Å². The number of ether oxygens (including phenoxy) is 1. The quantitative estimate of drug-likeness (QED) is 0.760. The van der Waals surface area contributed by atoms with E-state index in [0.29, 0.717) is 12.0 Å². The molecule has 0 N–H and O–H groups in total. The van der Waals surface area contributed by atoms with Crippen LogP contribution in [0.4, 0.5) is 0 Å². The summed E-state index contributed by atoms with van der Waals surface area (Å²) in [6, 6.07) is 19.8. The van der Waals surface area contributed by atoms with Crippen LogP contribution < -0.4 is 0 Å². The summed E-state index contributed by atoms with van der Waals surface area (Å²) < 4.78 is 4.81. The van der Waals surface area contributed by atoms with Crippen molar-refractivity contribution < 1.29 is 9.53 Å². The predicted octanol–water partition coefficient (Wildman–Crippen LogP) is 3.84. The average molecular weight is 293 g/mol. The first kappa shape index (κ1) is 15.8. The molecule has 2 rings (SSSR count). The number of esters is 1. The van der Waals surface area contributed by atoms with Gasteiger partial charge in [-0.15, -0.1) is 0 Å². The van der Waals surface area contributed by atoms with Gasteiger partial charge in [-0.2, -0.15) is 5.26 Å². The zero-order chi connectivity index (χ0) is 15.8. The lowest BCUT2D eigenvalue weighted by molar-refractivity contribution is -0.141. The Morgan fingerprint density at radius 2 is 1.95 bits per heavy atom. The molecule has 0 radical (unpaired) electrons. The third kappa shape index (κ3) is 4.46. The van der Waals surface area contributed by atoms with Gasteiger partial charge in [0, 0.05) is 0 Å². The average Bonchev–Trinajstić information content (AvgIpc) is 2.59. The molecule has 1 unspecified atom stereocenters. The highest BCUT2D eigenvalue weighted by Crippen LogP contribution is 2.26. The molecule has 22 heavy (non-hydrogen) atoms. The second-order valence-electron chi connectivity index (χ2n) is 5.24. The number of nitriles is 1. The summed E-state index contributed by atoms with van der Waals surface area (Å²) in [5.74, 6) is -0.165. The molecule has 0 aliphatic carbocycles. The molecule has 112 valence electrons. The van der Waals surface area contributed by atoms with Crippen LogP contribution in [0, 0.1) is 11.3 Å². The Kier molecular flexibility index (Phi) is 5.73. The number of carbonyl (C=O) groups excluding carboxylic acids is 1. The highest BCUT2D eigenvalue weighted by Gasteiger charge is 2.17. The normalized spacial score (nSPS) is 11.5. The van der Waals surface area contributed by atoms with Crippen molar-refractivity contribution in [3.05, 3.63) is 71.3 Å². The number of carbonyl (C=O) groups is 1. The van der Waals surface area contributed by atoms with Crippen LogP contribution in [-0.4, -0.2) is 13.1 Å². The first-order valence-electron chi connectivity index (χ1n) is 7.33. The molecule has 0 aliphatic heterocycles. The van der Waals surface area contributed by atoms with Gasteiger partial charge in [-0.1, -0.05) is 42.5 Å². The van der Waals surface area contributed by atoms with Gasteiger partial charge >= 0.3 is 5.97 Å². The minimum atomic E-state index is -0.222. The predicted molar refractivity (Wildman–Crippen MR) is 85.3 cm³/mol. The van der Waals surface area contributed by atoms with E-state index in [9.17, 15) is 4.79 Å². The van der Waals surface area contributed by atoms with Crippen molar-refractivity contribution in [2.24, 2.45) is 0 Å². The second kappa shape index (κ2) is 7.99. The fourth-order valence-electron chi connectivity index (χ4n) is 2.52. The van der Waals surface area contributed by atoms with Crippen molar-refractivity contribution in [2.75, 3.05) is 7.11 Å². The number of hydrogen-bond donors (Lipinski definition) is 0. The fourth-order valence-corrected chi connectivity index (χ4v) is 2.52. The molecule has 2 aromatic carbocycles. The fraction of sp³-hybridized carbons (Fsp3) is 0.263. The lowest BCUT2D eigenvalue weighted by Crippen LogP contribution is -2.10. The summed E-state index contributed by atoms with van der Waals surface area (Å²) >= 11 is 0. The van der Waals surface area contributed by atoms with Gasteiger partial charge in [-0.05, 0) is 42.0 Å². The van der Waals surface area contributed by atoms with Crippen LogP contribution in [0.1, 0.15) is 35.4 Å². The first-order valence-corrected chi connectivity index (χ1v) is 7.33. The smallest absolute Gasteiger partial charge is 0.306 e. The minimum absolute atomic E-state index is 0.0564. The molecule has 0 aliphatic rings. The Balaban J connectivity index is 2.15. The maximum Gasteiger partial charge on any atom is 0.306 e. The molecule has 1 atom stereocenters. The number of methoxy groups -OCH3 is 1. The molecule has 0 saturated carbocycles. The maximum absolute atomic E-state index is 11.7. The van der Waals surface area contributed by atoms with Crippen molar-refractivity contribution >= 4 is 5.97 Å². The lowest BCUT2D eigenvalue weighted by atomic mass is 9.89. The van der Waals surface area contributed by atoms with Crippen LogP contribution in [0.15, 0.2) is 54.6 Å². The summed E-state index contributed by atoms with van der Waals surface area (Å²) in [5.41, 5.74) is 2.88. The highest BCUT2D eigenvalue weighted by atomic mass is 16.5. The van der Waals surface area contributed by atoms with E-state index in [0.717, 1.165) is 18.4 Å². The number of hydrogen-bond acceptors (Lipinski definition) is 3. The van der Waals surface area contributed by atoms with Crippen LogP contribution in [-0.2, 0) is 16.0 Å². The topological polar surface area (TPSA) is 50.1 Å². The molecule has 0 bridgehead atoms. The monoisotopic (exact) mass is 293 g/mol. The van der Waals surface area contributed by atoms with Crippen LogP contribution in [0.5, 0.6) is 0 Å². The van der Waals surface area contributed by atoms with Crippen molar-refractivity contribution in [1.29, 1.82) is 5.26 Å². The molecule has 0 heterocycles. The summed E-state index contributed by atoms with van der Waals surface area (Å²) in [5, 5.41) is 9.04. The second-order valence-corrected chi connectivity index (χ2v) is 5.24. The van der Waals surface area contributed by atoms with Crippen LogP contribution in [0.2, 0.25) is 0 Å². The molecule has 3 nitrogen and oxygen atoms in total. The van der Waals surface area contributed by atoms with Gasteiger partial charge in [0.25, 0.3) is 0 Å². The van der Waals surface area contributed by atoms with Crippen molar-refractivity contribution in [2.45, 2.75) is 25.2 Å². The van der Waals surface area contributed by atoms with E-state index in [1.54, 1.807) is 6.07 Å². The molecular weight excluding hydrogens is 274 g/mol. The number of nitrogens with zero attached hydrogens (tertiary/aromatic N) is 1. The van der Waals surface area contributed by atoms with E-state index < -0.39 is 0 Å². The van der Waals surface area contributed by atoms with Crippen LogP contribution in [0.3, 0.4) is 0 Å². The van der Waals surface area contributed by atoms with Crippen LogP contribution >= 0.6 is 0 Å². The SMILES string of the molecule is COC(=O)CC(CCc1ccccc1)c1cccc(C#N)c1. The molecule has 3 heteroatoms. The Hall–Kier alpha value is -2.60. The van der Waals surface area contributed by atoms with E-state index >= 15 is 0 Å². The maximum atomic E-state index is 11.7. The van der Waals surface area contributed by atoms with Crippen molar-refractivity contribution in [1.82, 2.24) is 0 Å². The van der Waals surface area contributed by atoms with Gasteiger partial charge in [0.1, 0.15) is 0 Å². The molecular formula is C19H19NO2. The Bertz CT molecular complexity index is 659. The van der Waals surface area contributed by atoms with Gasteiger partial charge in [-0.25, -0.2) is 0 Å². The number of aryl methyl sites for hydroxylation is 1. The van der Waals surface area contributed by atoms with E-state index in [1.807, 2.05) is 36.4 Å². The van der Waals surface area contributed by atoms with Crippen molar-refractivity contribution in [3.63, 3.8) is 0 Å². The molecule has 2 aromatic rings. The minimum Gasteiger partial charge on any atom is -0.469 e. The number of benzene rings is 2. The third-order valence-electron chi connectivity index (χ3n) is 3.75. The van der Waals surface area contributed by atoms with E-state index in [1.165, 1.54) is 12.7 Å². The van der Waals surface area contributed by atoms with Gasteiger partial charge in [0.2, 0.25) is 0 Å². The standard InChI is InChI=1S/C19H19NO2/c1-22-19(21)13-18(11-10-15-6-3-2-4-7-15)17-9-5-8-16(12-17)14-20/h2-9,12,18H,10-11,13H2,1H3. The molecule has 0 fully saturated rings. The zero-order valence-electron chi connectivity index (χ0n) is 12.7. The largest absolute Gasteiger partial charge is 0.469 e. The Labute approximate surface area is 131 Å². The first-order chi connectivity index (χ1) is 10.7. The third-order valence-corrected chi connectivity index (χ3v) is 3.75. The molecule has 0 spiro atoms. The summed E-state index contributed by atoms with van der Waals surface area (Å²) in [6.07, 6.45) is 2.06. The molecule has 0 amide bonds. The summed E-state index contributed by atoms with van der Waals surface area (Å²) in [6.45, 7) is 0. The lowest BCUT2D eigenvalue weighted by Gasteiger charge is -2.16.